The molecule has 0 radical (unpaired) electrons. The standard InChI is InChI=1S/C11H16N4O3/c1-12-11(16)9-7-10(15(17)18-2)14(13-9)8-5-3-4-6-8/h7-8H,3-6H2,1-2H3/p+1. The third-order valence-electron chi connectivity index (χ3n) is 3.20. The highest BCUT2D eigenvalue weighted by Gasteiger charge is 2.33. The molecule has 1 saturated carbocycles. The summed E-state index contributed by atoms with van der Waals surface area (Å²) in [6.45, 7) is 0. The minimum Gasteiger partial charge on any atom is -0.354 e. The van der Waals surface area contributed by atoms with Gasteiger partial charge in [-0.15, -0.1) is 4.68 Å². The predicted molar refractivity (Wildman–Crippen MR) is 63.4 cm³/mol. The predicted octanol–water partition coefficient (Wildman–Crippen LogP) is 1.33. The number of aromatic nitrogens is 2. The minimum absolute atomic E-state index is 0.171. The Balaban J connectivity index is 2.38. The summed E-state index contributed by atoms with van der Waals surface area (Å²) in [6, 6.07) is 1.62. The van der Waals surface area contributed by atoms with Gasteiger partial charge in [0.2, 0.25) is 0 Å². The monoisotopic (exact) mass is 253 g/mol. The number of rotatable bonds is 4. The molecule has 0 atom stereocenters. The summed E-state index contributed by atoms with van der Waals surface area (Å²) in [7, 11) is 2.82. The van der Waals surface area contributed by atoms with E-state index in [9.17, 15) is 9.70 Å². The number of hydrogen-bond acceptors (Lipinski definition) is 4. The lowest BCUT2D eigenvalue weighted by Gasteiger charge is -2.04. The lowest BCUT2D eigenvalue weighted by Crippen LogP contribution is -2.19. The van der Waals surface area contributed by atoms with E-state index >= 15 is 0 Å². The summed E-state index contributed by atoms with van der Waals surface area (Å²) >= 11 is 0. The van der Waals surface area contributed by atoms with Crippen molar-refractivity contribution in [3.63, 3.8) is 0 Å². The van der Waals surface area contributed by atoms with Crippen LogP contribution in [0, 0.1) is 4.91 Å². The molecule has 0 bridgehead atoms. The van der Waals surface area contributed by atoms with Crippen LogP contribution in [-0.4, -0.2) is 34.8 Å². The molecular formula is C11H17N4O3+. The van der Waals surface area contributed by atoms with Crippen molar-refractivity contribution in [1.82, 2.24) is 15.1 Å². The van der Waals surface area contributed by atoms with Crippen LogP contribution in [0.1, 0.15) is 42.2 Å². The van der Waals surface area contributed by atoms with E-state index in [0.717, 1.165) is 25.7 Å². The summed E-state index contributed by atoms with van der Waals surface area (Å²) < 4.78 is 1.61. The number of hydrogen-bond donors (Lipinski definition) is 1. The summed E-state index contributed by atoms with van der Waals surface area (Å²) in [5.41, 5.74) is 0.234. The topological polar surface area (TPSA) is 76.2 Å². The van der Waals surface area contributed by atoms with Crippen molar-refractivity contribution in [2.45, 2.75) is 31.7 Å². The molecule has 2 rings (SSSR count). The van der Waals surface area contributed by atoms with E-state index in [1.54, 1.807) is 4.68 Å². The van der Waals surface area contributed by atoms with Gasteiger partial charge in [-0.1, -0.05) is 5.10 Å². The first-order valence-corrected chi connectivity index (χ1v) is 6.00. The second-order valence-corrected chi connectivity index (χ2v) is 4.29. The van der Waals surface area contributed by atoms with Gasteiger partial charge in [0.15, 0.2) is 10.6 Å². The van der Waals surface area contributed by atoms with Crippen LogP contribution in [0.3, 0.4) is 0 Å². The van der Waals surface area contributed by atoms with Crippen LogP contribution in [0.4, 0.5) is 5.82 Å². The zero-order valence-electron chi connectivity index (χ0n) is 10.5. The van der Waals surface area contributed by atoms with Gasteiger partial charge in [0.25, 0.3) is 5.91 Å². The van der Waals surface area contributed by atoms with Crippen LogP contribution in [0.25, 0.3) is 0 Å². The molecule has 1 aliphatic carbocycles. The zero-order valence-corrected chi connectivity index (χ0v) is 10.5. The highest BCUT2D eigenvalue weighted by Crippen LogP contribution is 2.32. The van der Waals surface area contributed by atoms with Crippen molar-refractivity contribution in [2.24, 2.45) is 0 Å². The van der Waals surface area contributed by atoms with Crippen LogP contribution in [0.2, 0.25) is 0 Å². The van der Waals surface area contributed by atoms with Crippen LogP contribution >= 0.6 is 0 Å². The van der Waals surface area contributed by atoms with Crippen LogP contribution in [0.15, 0.2) is 6.07 Å². The molecule has 7 heteroatoms. The largest absolute Gasteiger partial charge is 0.391 e. The van der Waals surface area contributed by atoms with E-state index in [1.165, 1.54) is 20.2 Å². The number of amides is 1. The van der Waals surface area contributed by atoms with Crippen LogP contribution in [-0.2, 0) is 4.84 Å². The molecule has 1 aromatic rings. The third kappa shape index (κ3) is 2.20. The molecular weight excluding hydrogens is 236 g/mol. The van der Waals surface area contributed by atoms with Crippen molar-refractivity contribution < 1.29 is 14.6 Å². The van der Waals surface area contributed by atoms with Gasteiger partial charge in [-0.25, -0.2) is 0 Å². The van der Waals surface area contributed by atoms with Gasteiger partial charge in [-0.2, -0.15) is 0 Å². The average Bonchev–Trinajstić information content (AvgIpc) is 3.04. The molecule has 0 saturated heterocycles. The molecule has 1 heterocycles. The van der Waals surface area contributed by atoms with Crippen LogP contribution in [0.5, 0.6) is 0 Å². The van der Waals surface area contributed by atoms with Gasteiger partial charge < -0.3 is 10.2 Å². The summed E-state index contributed by atoms with van der Waals surface area (Å²) in [5, 5.41) is 6.71. The van der Waals surface area contributed by atoms with E-state index in [4.69, 9.17) is 0 Å². The number of carbonyl (C=O) groups is 1. The van der Waals surface area contributed by atoms with E-state index in [-0.39, 0.29) is 23.5 Å². The smallest absolute Gasteiger partial charge is 0.354 e. The quantitative estimate of drug-likeness (QED) is 0.821. The number of carbonyl (C=O) groups excluding carboxylic acids is 1. The van der Waals surface area contributed by atoms with E-state index in [0.29, 0.717) is 4.92 Å². The fourth-order valence-electron chi connectivity index (χ4n) is 2.27. The SMILES string of the molecule is CNC(=O)c1cc([N+](=O)OC)n(C2CCCC2)n1. The number of nitrogens with zero attached hydrogens (tertiary/aromatic N) is 3. The average molecular weight is 253 g/mol. The Labute approximate surface area is 105 Å². The van der Waals surface area contributed by atoms with E-state index in [1.807, 2.05) is 0 Å². The molecule has 1 fully saturated rings. The highest BCUT2D eigenvalue weighted by atomic mass is 16.8. The first-order valence-electron chi connectivity index (χ1n) is 6.00. The van der Waals surface area contributed by atoms with E-state index in [2.05, 4.69) is 15.3 Å². The molecule has 0 spiro atoms. The zero-order chi connectivity index (χ0) is 13.1. The second-order valence-electron chi connectivity index (χ2n) is 4.29. The Morgan fingerprint density at radius 2 is 2.22 bits per heavy atom. The Hall–Kier alpha value is -1.92. The Bertz CT molecular complexity index is 463. The first kappa shape index (κ1) is 12.5. The lowest BCUT2D eigenvalue weighted by atomic mass is 10.2. The van der Waals surface area contributed by atoms with Crippen molar-refractivity contribution in [3.05, 3.63) is 16.7 Å². The maximum absolute atomic E-state index is 11.6. The minimum atomic E-state index is -0.308. The summed E-state index contributed by atoms with van der Waals surface area (Å²) in [5.74, 6) is -0.0412. The Morgan fingerprint density at radius 3 is 2.78 bits per heavy atom. The molecule has 0 aliphatic heterocycles. The molecule has 1 aromatic heterocycles. The third-order valence-corrected chi connectivity index (χ3v) is 3.20. The van der Waals surface area contributed by atoms with Gasteiger partial charge in [0.05, 0.1) is 6.07 Å². The molecule has 18 heavy (non-hydrogen) atoms. The maximum atomic E-state index is 11.6. The van der Waals surface area contributed by atoms with Crippen molar-refractivity contribution in [2.75, 3.05) is 14.2 Å². The normalized spacial score (nSPS) is 15.7. The fraction of sp³-hybridized carbons (Fsp3) is 0.636. The summed E-state index contributed by atoms with van der Waals surface area (Å²) in [4.78, 5) is 28.2. The molecule has 0 aromatic carbocycles. The van der Waals surface area contributed by atoms with Gasteiger partial charge in [-0.05, 0) is 30.6 Å². The van der Waals surface area contributed by atoms with Crippen molar-refractivity contribution >= 4 is 11.7 Å². The highest BCUT2D eigenvalue weighted by molar-refractivity contribution is 5.92. The van der Waals surface area contributed by atoms with Crippen LogP contribution < -0.4 is 5.32 Å². The van der Waals surface area contributed by atoms with Gasteiger partial charge >= 0.3 is 5.82 Å². The molecule has 7 nitrogen and oxygen atoms in total. The molecule has 98 valence electrons. The van der Waals surface area contributed by atoms with Gasteiger partial charge in [0.1, 0.15) is 13.2 Å². The fourth-order valence-corrected chi connectivity index (χ4v) is 2.27. The molecule has 1 amide bonds. The first-order chi connectivity index (χ1) is 8.67. The Morgan fingerprint density at radius 1 is 1.56 bits per heavy atom. The summed E-state index contributed by atoms with van der Waals surface area (Å²) in [6.07, 6.45) is 4.18. The molecule has 1 N–H and O–H groups in total. The van der Waals surface area contributed by atoms with Gasteiger partial charge in [0, 0.05) is 7.05 Å². The number of nitrogens with one attached hydrogen (secondary N) is 1. The van der Waals surface area contributed by atoms with E-state index < -0.39 is 0 Å². The Kier molecular flexibility index (Phi) is 3.59. The molecule has 0 unspecified atom stereocenters. The molecule has 1 aliphatic rings. The van der Waals surface area contributed by atoms with Crippen molar-refractivity contribution in [1.29, 1.82) is 0 Å². The van der Waals surface area contributed by atoms with Gasteiger partial charge in [-0.3, -0.25) is 4.79 Å². The second kappa shape index (κ2) is 5.16. The lowest BCUT2D eigenvalue weighted by molar-refractivity contribution is -0.740. The van der Waals surface area contributed by atoms with Crippen molar-refractivity contribution in [3.8, 4) is 0 Å². The maximum Gasteiger partial charge on any atom is 0.391 e.